The minimum Gasteiger partial charge on any atom is -0.477 e. The summed E-state index contributed by atoms with van der Waals surface area (Å²) < 4.78 is 0. The average molecular weight is 271 g/mol. The number of benzene rings is 1. The van der Waals surface area contributed by atoms with Gasteiger partial charge in [0.25, 0.3) is 0 Å². The van der Waals surface area contributed by atoms with Crippen molar-refractivity contribution in [1.29, 1.82) is 0 Å². The van der Waals surface area contributed by atoms with Gasteiger partial charge in [-0.25, -0.2) is 9.78 Å². The molecule has 0 fully saturated rings. The second kappa shape index (κ2) is 3.93. The number of hydrogen-bond donors (Lipinski definition) is 3. The molecule has 0 saturated carbocycles. The number of aromatic nitrogens is 2. The number of aromatic carboxylic acids is 1. The number of anilines is 1. The molecule has 0 atom stereocenters. The fourth-order valence-electron chi connectivity index (χ4n) is 2.39. The summed E-state index contributed by atoms with van der Waals surface area (Å²) in [6, 6.07) is 5.34. The molecule has 0 unspecified atom stereocenters. The molecule has 0 saturated heterocycles. The van der Waals surface area contributed by atoms with Gasteiger partial charge in [-0.1, -0.05) is 6.07 Å². The Morgan fingerprint density at radius 3 is 2.80 bits per heavy atom. The quantitative estimate of drug-likeness (QED) is 0.778. The van der Waals surface area contributed by atoms with Crippen molar-refractivity contribution in [2.45, 2.75) is 19.3 Å². The highest BCUT2D eigenvalue weighted by molar-refractivity contribution is 6.06. The van der Waals surface area contributed by atoms with Crippen molar-refractivity contribution < 1.29 is 14.7 Å². The number of rotatable bonds is 2. The van der Waals surface area contributed by atoms with Crippen molar-refractivity contribution in [2.75, 3.05) is 5.32 Å². The van der Waals surface area contributed by atoms with Gasteiger partial charge in [0.1, 0.15) is 5.69 Å². The van der Waals surface area contributed by atoms with Crippen LogP contribution in [0.25, 0.3) is 11.3 Å². The number of hydrogen-bond acceptors (Lipinski definition) is 3. The molecule has 3 rings (SSSR count). The maximum Gasteiger partial charge on any atom is 0.354 e. The van der Waals surface area contributed by atoms with Gasteiger partial charge in [0, 0.05) is 11.3 Å². The predicted molar refractivity (Wildman–Crippen MR) is 72.6 cm³/mol. The largest absolute Gasteiger partial charge is 0.477 e. The first-order valence-electron chi connectivity index (χ1n) is 6.14. The standard InChI is InChI=1S/C14H13N3O3/c1-14(2)8-5-7(3-4-9(8)17-13(14)20)10-11(12(18)19)16-6-15-10/h3-6H,1-2H3,(H,15,16)(H,17,20)(H,18,19). The number of imidazole rings is 1. The first-order chi connectivity index (χ1) is 9.41. The predicted octanol–water partition coefficient (Wildman–Crippen LogP) is 2.00. The summed E-state index contributed by atoms with van der Waals surface area (Å²) in [6.45, 7) is 3.67. The minimum atomic E-state index is -1.06. The van der Waals surface area contributed by atoms with E-state index in [2.05, 4.69) is 15.3 Å². The summed E-state index contributed by atoms with van der Waals surface area (Å²) in [4.78, 5) is 29.7. The molecule has 0 aliphatic carbocycles. The van der Waals surface area contributed by atoms with Crippen molar-refractivity contribution >= 4 is 17.6 Å². The van der Waals surface area contributed by atoms with Crippen LogP contribution in [0.4, 0.5) is 5.69 Å². The minimum absolute atomic E-state index is 0.0417. The average Bonchev–Trinajstić information content (AvgIpc) is 2.95. The smallest absolute Gasteiger partial charge is 0.354 e. The summed E-state index contributed by atoms with van der Waals surface area (Å²) in [5.41, 5.74) is 2.06. The summed E-state index contributed by atoms with van der Waals surface area (Å²) in [5, 5.41) is 11.9. The van der Waals surface area contributed by atoms with Gasteiger partial charge < -0.3 is 15.4 Å². The molecule has 2 heterocycles. The van der Waals surface area contributed by atoms with Crippen LogP contribution < -0.4 is 5.32 Å². The lowest BCUT2D eigenvalue weighted by atomic mass is 9.85. The molecule has 102 valence electrons. The highest BCUT2D eigenvalue weighted by atomic mass is 16.4. The monoisotopic (exact) mass is 271 g/mol. The Labute approximate surface area is 114 Å². The van der Waals surface area contributed by atoms with E-state index in [1.54, 1.807) is 12.1 Å². The van der Waals surface area contributed by atoms with Crippen LogP contribution in [0.2, 0.25) is 0 Å². The fraction of sp³-hybridized carbons (Fsp3) is 0.214. The van der Waals surface area contributed by atoms with E-state index in [0.717, 1.165) is 11.3 Å². The van der Waals surface area contributed by atoms with E-state index >= 15 is 0 Å². The molecule has 20 heavy (non-hydrogen) atoms. The normalized spacial score (nSPS) is 15.8. The van der Waals surface area contributed by atoms with Crippen molar-refractivity contribution in [3.05, 3.63) is 35.8 Å². The Morgan fingerprint density at radius 2 is 2.10 bits per heavy atom. The third-order valence-electron chi connectivity index (χ3n) is 3.64. The third-order valence-corrected chi connectivity index (χ3v) is 3.64. The van der Waals surface area contributed by atoms with E-state index in [9.17, 15) is 9.59 Å². The van der Waals surface area contributed by atoms with E-state index in [0.29, 0.717) is 11.3 Å². The van der Waals surface area contributed by atoms with Crippen LogP contribution in [0.3, 0.4) is 0 Å². The van der Waals surface area contributed by atoms with Crippen LogP contribution in [0.15, 0.2) is 24.5 Å². The van der Waals surface area contributed by atoms with Crippen LogP contribution in [-0.4, -0.2) is 27.0 Å². The molecule has 1 aliphatic heterocycles. The number of carboxylic acid groups (broad SMARTS) is 1. The second-order valence-electron chi connectivity index (χ2n) is 5.27. The number of nitrogens with one attached hydrogen (secondary N) is 2. The maximum absolute atomic E-state index is 11.9. The van der Waals surface area contributed by atoms with Gasteiger partial charge >= 0.3 is 5.97 Å². The summed E-state index contributed by atoms with van der Waals surface area (Å²) >= 11 is 0. The van der Waals surface area contributed by atoms with Gasteiger partial charge in [-0.05, 0) is 31.5 Å². The Balaban J connectivity index is 2.15. The fourth-order valence-corrected chi connectivity index (χ4v) is 2.39. The number of amides is 1. The lowest BCUT2D eigenvalue weighted by Gasteiger charge is -2.15. The van der Waals surface area contributed by atoms with Crippen LogP contribution in [0.5, 0.6) is 0 Å². The molecule has 2 aromatic rings. The Kier molecular flexibility index (Phi) is 2.44. The van der Waals surface area contributed by atoms with Crippen molar-refractivity contribution in [3.63, 3.8) is 0 Å². The Morgan fingerprint density at radius 1 is 1.35 bits per heavy atom. The van der Waals surface area contributed by atoms with Crippen LogP contribution in [-0.2, 0) is 10.2 Å². The number of carbonyl (C=O) groups excluding carboxylic acids is 1. The van der Waals surface area contributed by atoms with E-state index in [-0.39, 0.29) is 11.6 Å². The Hall–Kier alpha value is -2.63. The molecule has 0 spiro atoms. The van der Waals surface area contributed by atoms with Crippen molar-refractivity contribution in [3.8, 4) is 11.3 Å². The second-order valence-corrected chi connectivity index (χ2v) is 5.27. The van der Waals surface area contributed by atoms with Crippen molar-refractivity contribution in [1.82, 2.24) is 9.97 Å². The molecule has 1 aromatic heterocycles. The molecule has 1 aliphatic rings. The molecule has 6 heteroatoms. The SMILES string of the molecule is CC1(C)C(=O)Nc2ccc(-c3nc[nH]c3C(=O)O)cc21. The molecular weight excluding hydrogens is 258 g/mol. The van der Waals surface area contributed by atoms with E-state index in [1.165, 1.54) is 6.33 Å². The van der Waals surface area contributed by atoms with Gasteiger partial charge in [0.05, 0.1) is 11.7 Å². The summed E-state index contributed by atoms with van der Waals surface area (Å²) in [5.74, 6) is -1.13. The number of H-pyrrole nitrogens is 1. The Bertz CT molecular complexity index is 731. The van der Waals surface area contributed by atoms with E-state index < -0.39 is 11.4 Å². The van der Waals surface area contributed by atoms with Crippen LogP contribution in [0, 0.1) is 0 Å². The third kappa shape index (κ3) is 1.61. The molecule has 3 N–H and O–H groups in total. The number of fused-ring (bicyclic) bond motifs is 1. The lowest BCUT2D eigenvalue weighted by Crippen LogP contribution is -2.26. The molecule has 1 aromatic carbocycles. The van der Waals surface area contributed by atoms with Gasteiger partial charge in [0.2, 0.25) is 5.91 Å². The molecule has 0 radical (unpaired) electrons. The summed E-state index contributed by atoms with van der Waals surface area (Å²) in [6.07, 6.45) is 1.35. The maximum atomic E-state index is 11.9. The molecule has 0 bridgehead atoms. The van der Waals surface area contributed by atoms with Gasteiger partial charge in [-0.3, -0.25) is 4.79 Å². The molecule has 1 amide bonds. The number of aromatic amines is 1. The molecule has 6 nitrogen and oxygen atoms in total. The topological polar surface area (TPSA) is 95.1 Å². The highest BCUT2D eigenvalue weighted by Gasteiger charge is 2.38. The van der Waals surface area contributed by atoms with E-state index in [4.69, 9.17) is 5.11 Å². The lowest BCUT2D eigenvalue weighted by molar-refractivity contribution is -0.119. The zero-order chi connectivity index (χ0) is 14.5. The molecular formula is C14H13N3O3. The van der Waals surface area contributed by atoms with Gasteiger partial charge in [0.15, 0.2) is 5.69 Å². The number of carboxylic acids is 1. The van der Waals surface area contributed by atoms with E-state index in [1.807, 2.05) is 19.9 Å². The van der Waals surface area contributed by atoms with Crippen LogP contribution >= 0.6 is 0 Å². The van der Waals surface area contributed by atoms with Gasteiger partial charge in [-0.2, -0.15) is 0 Å². The zero-order valence-corrected chi connectivity index (χ0v) is 11.0. The highest BCUT2D eigenvalue weighted by Crippen LogP contribution is 2.39. The van der Waals surface area contributed by atoms with Crippen molar-refractivity contribution in [2.24, 2.45) is 0 Å². The summed E-state index contributed by atoms with van der Waals surface area (Å²) in [7, 11) is 0. The number of nitrogens with zero attached hydrogens (tertiary/aromatic N) is 1. The first kappa shape index (κ1) is 12.4. The van der Waals surface area contributed by atoms with Gasteiger partial charge in [-0.15, -0.1) is 0 Å². The number of carbonyl (C=O) groups is 2. The zero-order valence-electron chi connectivity index (χ0n) is 11.0. The van der Waals surface area contributed by atoms with Crippen LogP contribution in [0.1, 0.15) is 29.9 Å². The first-order valence-corrected chi connectivity index (χ1v) is 6.14.